The van der Waals surface area contributed by atoms with Gasteiger partial charge in [0.25, 0.3) is 0 Å². The van der Waals surface area contributed by atoms with Gasteiger partial charge < -0.3 is 0 Å². The smallest absolute Gasteiger partial charge is 0.0246 e. The van der Waals surface area contributed by atoms with Crippen molar-refractivity contribution in [2.45, 2.75) is 25.7 Å². The van der Waals surface area contributed by atoms with Crippen LogP contribution < -0.4 is 0 Å². The standard InChI is InChI=1S/C16H16Cl2/c17-13-5-1-3-7-15-9-11-16(12-10-15)8-4-2-6-14-18/h9-12H,1-2,5-6,13-14H2. The molecule has 0 fully saturated rings. The van der Waals surface area contributed by atoms with Crippen molar-refractivity contribution in [2.24, 2.45) is 0 Å². The van der Waals surface area contributed by atoms with Crippen LogP contribution in [0, 0.1) is 23.7 Å². The van der Waals surface area contributed by atoms with Gasteiger partial charge in [-0.05, 0) is 37.1 Å². The molecular formula is C16H16Cl2. The van der Waals surface area contributed by atoms with Crippen molar-refractivity contribution in [3.63, 3.8) is 0 Å². The molecule has 0 nitrogen and oxygen atoms in total. The molecule has 2 heteroatoms. The van der Waals surface area contributed by atoms with E-state index >= 15 is 0 Å². The third-order valence-electron chi connectivity index (χ3n) is 2.22. The zero-order chi connectivity index (χ0) is 13.1. The van der Waals surface area contributed by atoms with Crippen molar-refractivity contribution in [1.29, 1.82) is 0 Å². The summed E-state index contributed by atoms with van der Waals surface area (Å²) in [5, 5.41) is 0. The average Bonchev–Trinajstić information content (AvgIpc) is 2.41. The summed E-state index contributed by atoms with van der Waals surface area (Å²) < 4.78 is 0. The molecule has 0 saturated heterocycles. The topological polar surface area (TPSA) is 0 Å². The number of unbranched alkanes of at least 4 members (excludes halogenated alkanes) is 2. The van der Waals surface area contributed by atoms with Gasteiger partial charge in [-0.1, -0.05) is 23.7 Å². The van der Waals surface area contributed by atoms with Crippen molar-refractivity contribution in [3.8, 4) is 23.7 Å². The van der Waals surface area contributed by atoms with Crippen molar-refractivity contribution in [1.82, 2.24) is 0 Å². The Kier molecular flexibility index (Phi) is 8.24. The lowest BCUT2D eigenvalue weighted by atomic mass is 10.1. The first-order valence-corrected chi connectivity index (χ1v) is 7.13. The first kappa shape index (κ1) is 15.0. The maximum atomic E-state index is 5.58. The van der Waals surface area contributed by atoms with Crippen LogP contribution in [0.3, 0.4) is 0 Å². The number of rotatable bonds is 4. The summed E-state index contributed by atoms with van der Waals surface area (Å²) in [5.74, 6) is 13.8. The quantitative estimate of drug-likeness (QED) is 0.434. The highest BCUT2D eigenvalue weighted by Crippen LogP contribution is 2.02. The molecule has 0 atom stereocenters. The highest BCUT2D eigenvalue weighted by Gasteiger charge is 1.88. The Morgan fingerprint density at radius 1 is 0.722 bits per heavy atom. The van der Waals surface area contributed by atoms with E-state index in [0.717, 1.165) is 36.8 Å². The van der Waals surface area contributed by atoms with Gasteiger partial charge in [-0.15, -0.1) is 23.2 Å². The molecule has 18 heavy (non-hydrogen) atoms. The van der Waals surface area contributed by atoms with Gasteiger partial charge in [0.1, 0.15) is 0 Å². The van der Waals surface area contributed by atoms with Gasteiger partial charge in [0.2, 0.25) is 0 Å². The van der Waals surface area contributed by atoms with Crippen molar-refractivity contribution in [3.05, 3.63) is 35.4 Å². The molecule has 94 valence electrons. The summed E-state index contributed by atoms with van der Waals surface area (Å²) in [5.41, 5.74) is 2.05. The third-order valence-corrected chi connectivity index (χ3v) is 2.76. The molecule has 0 aliphatic rings. The van der Waals surface area contributed by atoms with Crippen LogP contribution in [0.15, 0.2) is 24.3 Å². The molecule has 0 aromatic heterocycles. The number of hydrogen-bond donors (Lipinski definition) is 0. The molecule has 0 saturated carbocycles. The number of alkyl halides is 2. The summed E-state index contributed by atoms with van der Waals surface area (Å²) in [6.07, 6.45) is 3.59. The second kappa shape index (κ2) is 9.90. The van der Waals surface area contributed by atoms with E-state index in [1.807, 2.05) is 24.3 Å². The van der Waals surface area contributed by atoms with Crippen molar-refractivity contribution in [2.75, 3.05) is 11.8 Å². The Labute approximate surface area is 120 Å². The monoisotopic (exact) mass is 278 g/mol. The summed E-state index contributed by atoms with van der Waals surface area (Å²) in [6.45, 7) is 0. The fourth-order valence-electron chi connectivity index (χ4n) is 1.28. The van der Waals surface area contributed by atoms with Gasteiger partial charge in [0, 0.05) is 35.7 Å². The lowest BCUT2D eigenvalue weighted by Gasteiger charge is -1.92. The molecule has 0 N–H and O–H groups in total. The van der Waals surface area contributed by atoms with Crippen molar-refractivity contribution >= 4 is 23.2 Å². The van der Waals surface area contributed by atoms with Crippen LogP contribution in [-0.2, 0) is 0 Å². The first-order valence-electron chi connectivity index (χ1n) is 6.06. The summed E-state index contributed by atoms with van der Waals surface area (Å²) >= 11 is 11.2. The minimum Gasteiger partial charge on any atom is -0.127 e. The average molecular weight is 279 g/mol. The van der Waals surface area contributed by atoms with E-state index in [1.54, 1.807) is 0 Å². The Morgan fingerprint density at radius 3 is 1.44 bits per heavy atom. The Bertz CT molecular complexity index is 407. The van der Waals surface area contributed by atoms with Crippen LogP contribution in [0.5, 0.6) is 0 Å². The second-order valence-electron chi connectivity index (χ2n) is 3.77. The van der Waals surface area contributed by atoms with Gasteiger partial charge in [-0.3, -0.25) is 0 Å². The zero-order valence-electron chi connectivity index (χ0n) is 10.3. The fraction of sp³-hybridized carbons (Fsp3) is 0.375. The van der Waals surface area contributed by atoms with Crippen LogP contribution in [0.25, 0.3) is 0 Å². The molecule has 0 unspecified atom stereocenters. The molecule has 0 bridgehead atoms. The minimum absolute atomic E-state index is 0.672. The largest absolute Gasteiger partial charge is 0.127 e. The highest BCUT2D eigenvalue weighted by molar-refractivity contribution is 6.18. The van der Waals surface area contributed by atoms with Crippen molar-refractivity contribution < 1.29 is 0 Å². The van der Waals surface area contributed by atoms with E-state index in [0.29, 0.717) is 11.8 Å². The number of halogens is 2. The molecule has 0 radical (unpaired) electrons. The summed E-state index contributed by atoms with van der Waals surface area (Å²) in [7, 11) is 0. The van der Waals surface area contributed by atoms with Crippen LogP contribution in [0.1, 0.15) is 36.8 Å². The van der Waals surface area contributed by atoms with E-state index in [1.165, 1.54) is 0 Å². The highest BCUT2D eigenvalue weighted by atomic mass is 35.5. The minimum atomic E-state index is 0.672. The lowest BCUT2D eigenvalue weighted by Crippen LogP contribution is -1.78. The SMILES string of the molecule is ClCCCC#Cc1ccc(C#CCCCCl)cc1. The predicted octanol–water partition coefficient (Wildman–Crippen LogP) is 4.43. The normalized spacial score (nSPS) is 9.00. The molecule has 0 aliphatic heterocycles. The Hall–Kier alpha value is -1.08. The van der Waals surface area contributed by atoms with E-state index in [2.05, 4.69) is 23.7 Å². The molecule has 1 aromatic rings. The van der Waals surface area contributed by atoms with Gasteiger partial charge >= 0.3 is 0 Å². The molecule has 1 rings (SSSR count). The molecule has 0 spiro atoms. The molecule has 0 aliphatic carbocycles. The third kappa shape index (κ3) is 6.61. The van der Waals surface area contributed by atoms with E-state index in [9.17, 15) is 0 Å². The van der Waals surface area contributed by atoms with Gasteiger partial charge in [0.15, 0.2) is 0 Å². The lowest BCUT2D eigenvalue weighted by molar-refractivity contribution is 0.991. The van der Waals surface area contributed by atoms with Crippen LogP contribution in [-0.4, -0.2) is 11.8 Å². The molecule has 0 amide bonds. The second-order valence-corrected chi connectivity index (χ2v) is 4.52. The molecular weight excluding hydrogens is 263 g/mol. The van der Waals surface area contributed by atoms with E-state index in [-0.39, 0.29) is 0 Å². The van der Waals surface area contributed by atoms with Gasteiger partial charge in [-0.25, -0.2) is 0 Å². The molecule has 1 aromatic carbocycles. The fourth-order valence-corrected chi connectivity index (χ4v) is 1.54. The van der Waals surface area contributed by atoms with Crippen LogP contribution in [0.2, 0.25) is 0 Å². The van der Waals surface area contributed by atoms with Gasteiger partial charge in [0.05, 0.1) is 0 Å². The Balaban J connectivity index is 2.50. The summed E-state index contributed by atoms with van der Waals surface area (Å²) in [4.78, 5) is 0. The van der Waals surface area contributed by atoms with E-state index < -0.39 is 0 Å². The van der Waals surface area contributed by atoms with E-state index in [4.69, 9.17) is 23.2 Å². The Morgan fingerprint density at radius 2 is 1.11 bits per heavy atom. The molecule has 0 heterocycles. The summed E-state index contributed by atoms with van der Waals surface area (Å²) in [6, 6.07) is 8.00. The van der Waals surface area contributed by atoms with Crippen LogP contribution >= 0.6 is 23.2 Å². The van der Waals surface area contributed by atoms with Gasteiger partial charge in [-0.2, -0.15) is 0 Å². The first-order chi connectivity index (χ1) is 8.86. The number of hydrogen-bond acceptors (Lipinski definition) is 0. The zero-order valence-corrected chi connectivity index (χ0v) is 11.8. The van der Waals surface area contributed by atoms with Crippen LogP contribution in [0.4, 0.5) is 0 Å². The number of benzene rings is 1. The maximum Gasteiger partial charge on any atom is 0.0246 e. The maximum absolute atomic E-state index is 5.58. The predicted molar refractivity (Wildman–Crippen MR) is 80.1 cm³/mol.